The molecule has 11 heavy (non-hydrogen) atoms. The number of halogens is 1. The Morgan fingerprint density at radius 1 is 1.36 bits per heavy atom. The maximum Gasteiger partial charge on any atom is 0.114 e. The third kappa shape index (κ3) is 1.53. The third-order valence-corrected chi connectivity index (χ3v) is 1.52. The van der Waals surface area contributed by atoms with Gasteiger partial charge in [0.15, 0.2) is 0 Å². The van der Waals surface area contributed by atoms with Crippen molar-refractivity contribution in [2.24, 2.45) is 0 Å². The average molecular weight is 217 g/mol. The van der Waals surface area contributed by atoms with Crippen LogP contribution in [0.25, 0.3) is 11.0 Å². The van der Waals surface area contributed by atoms with Gasteiger partial charge in [-0.1, -0.05) is 16.8 Å². The fourth-order valence-electron chi connectivity index (χ4n) is 0.815. The second-order valence-corrected chi connectivity index (χ2v) is 2.41. The van der Waals surface area contributed by atoms with Crippen LogP contribution >= 0.6 is 11.6 Å². The summed E-state index contributed by atoms with van der Waals surface area (Å²) < 4.78 is 0. The van der Waals surface area contributed by atoms with E-state index in [1.807, 2.05) is 6.07 Å². The fraction of sp³-hybridized carbons (Fsp3) is 0. The number of nitrogens with one attached hydrogen (secondary N) is 1. The molecular formula is C6H4ClCuN3. The first-order chi connectivity index (χ1) is 4.86. The SMILES string of the molecule is Clc1ccc2[nH]nnc2c1.[Cu]. The Morgan fingerprint density at radius 2 is 2.18 bits per heavy atom. The Bertz CT molecular complexity index is 359. The van der Waals surface area contributed by atoms with Crippen molar-refractivity contribution in [3.8, 4) is 0 Å². The molecule has 0 saturated carbocycles. The quantitative estimate of drug-likeness (QED) is 0.681. The summed E-state index contributed by atoms with van der Waals surface area (Å²) in [7, 11) is 0. The van der Waals surface area contributed by atoms with E-state index in [9.17, 15) is 0 Å². The van der Waals surface area contributed by atoms with Gasteiger partial charge < -0.3 is 0 Å². The van der Waals surface area contributed by atoms with Crippen LogP contribution in [0, 0.1) is 0 Å². The van der Waals surface area contributed by atoms with Crippen molar-refractivity contribution >= 4 is 22.6 Å². The van der Waals surface area contributed by atoms with Gasteiger partial charge in [0, 0.05) is 22.1 Å². The molecule has 0 saturated heterocycles. The number of nitrogens with zero attached hydrogens (tertiary/aromatic N) is 2. The summed E-state index contributed by atoms with van der Waals surface area (Å²) in [5, 5.41) is 10.8. The predicted molar refractivity (Wildman–Crippen MR) is 38.9 cm³/mol. The van der Waals surface area contributed by atoms with E-state index in [4.69, 9.17) is 11.6 Å². The maximum atomic E-state index is 5.69. The normalized spacial score (nSPS) is 9.55. The van der Waals surface area contributed by atoms with Gasteiger partial charge in [0.05, 0.1) is 5.52 Å². The van der Waals surface area contributed by atoms with Crippen LogP contribution in [0.1, 0.15) is 0 Å². The van der Waals surface area contributed by atoms with Gasteiger partial charge in [-0.25, -0.2) is 0 Å². The zero-order valence-electron chi connectivity index (χ0n) is 5.31. The van der Waals surface area contributed by atoms with E-state index in [0.29, 0.717) is 5.02 Å². The molecule has 2 aromatic rings. The van der Waals surface area contributed by atoms with Gasteiger partial charge in [0.1, 0.15) is 5.52 Å². The third-order valence-electron chi connectivity index (χ3n) is 1.29. The topological polar surface area (TPSA) is 41.6 Å². The summed E-state index contributed by atoms with van der Waals surface area (Å²) in [6.07, 6.45) is 0. The summed E-state index contributed by atoms with van der Waals surface area (Å²) >= 11 is 5.69. The van der Waals surface area contributed by atoms with Crippen molar-refractivity contribution in [3.05, 3.63) is 23.2 Å². The Kier molecular flexibility index (Phi) is 2.49. The molecule has 0 aliphatic carbocycles. The summed E-state index contributed by atoms with van der Waals surface area (Å²) in [6.45, 7) is 0. The van der Waals surface area contributed by atoms with E-state index in [-0.39, 0.29) is 17.1 Å². The second kappa shape index (κ2) is 3.22. The molecule has 0 spiro atoms. The smallest absolute Gasteiger partial charge is 0.114 e. The van der Waals surface area contributed by atoms with E-state index in [1.165, 1.54) is 0 Å². The molecule has 5 heteroatoms. The van der Waals surface area contributed by atoms with Gasteiger partial charge in [-0.15, -0.1) is 5.10 Å². The van der Waals surface area contributed by atoms with Crippen LogP contribution in [0.4, 0.5) is 0 Å². The first-order valence-corrected chi connectivity index (χ1v) is 3.20. The average Bonchev–Trinajstić information content (AvgIpc) is 2.33. The molecule has 0 amide bonds. The first-order valence-electron chi connectivity index (χ1n) is 2.82. The number of hydrogen-bond acceptors (Lipinski definition) is 2. The minimum atomic E-state index is 0. The Balaban J connectivity index is 0.000000605. The molecule has 0 aliphatic rings. The largest absolute Gasteiger partial charge is 0.258 e. The molecule has 3 nitrogen and oxygen atoms in total. The molecule has 1 N–H and O–H groups in total. The van der Waals surface area contributed by atoms with Gasteiger partial charge >= 0.3 is 0 Å². The number of H-pyrrole nitrogens is 1. The summed E-state index contributed by atoms with van der Waals surface area (Å²) in [4.78, 5) is 0. The first kappa shape index (κ1) is 8.53. The Morgan fingerprint density at radius 3 is 3.00 bits per heavy atom. The summed E-state index contributed by atoms with van der Waals surface area (Å²) in [6, 6.07) is 5.40. The van der Waals surface area contributed by atoms with Gasteiger partial charge in [-0.2, -0.15) is 0 Å². The fourth-order valence-corrected chi connectivity index (χ4v) is 0.981. The number of aromatic amines is 1. The summed E-state index contributed by atoms with van der Waals surface area (Å²) in [5.41, 5.74) is 1.71. The van der Waals surface area contributed by atoms with Crippen molar-refractivity contribution in [1.29, 1.82) is 0 Å². The Labute approximate surface area is 78.6 Å². The van der Waals surface area contributed by atoms with Crippen LogP contribution in [0.15, 0.2) is 18.2 Å². The van der Waals surface area contributed by atoms with Gasteiger partial charge in [-0.05, 0) is 18.2 Å². The van der Waals surface area contributed by atoms with E-state index >= 15 is 0 Å². The molecule has 1 aromatic heterocycles. The van der Waals surface area contributed by atoms with Crippen molar-refractivity contribution < 1.29 is 17.1 Å². The molecule has 1 radical (unpaired) electrons. The van der Waals surface area contributed by atoms with Crippen LogP contribution in [-0.2, 0) is 17.1 Å². The van der Waals surface area contributed by atoms with Crippen molar-refractivity contribution in [2.45, 2.75) is 0 Å². The van der Waals surface area contributed by atoms with E-state index < -0.39 is 0 Å². The zero-order chi connectivity index (χ0) is 6.97. The molecule has 1 heterocycles. The minimum Gasteiger partial charge on any atom is -0.258 e. The zero-order valence-corrected chi connectivity index (χ0v) is 7.00. The van der Waals surface area contributed by atoms with Crippen molar-refractivity contribution in [1.82, 2.24) is 15.4 Å². The van der Waals surface area contributed by atoms with Crippen LogP contribution in [0.5, 0.6) is 0 Å². The van der Waals surface area contributed by atoms with E-state index in [1.54, 1.807) is 12.1 Å². The molecule has 1 aromatic carbocycles. The Hall–Kier alpha value is -0.571. The number of rotatable bonds is 0. The van der Waals surface area contributed by atoms with Crippen LogP contribution in [-0.4, -0.2) is 15.4 Å². The van der Waals surface area contributed by atoms with Crippen LogP contribution < -0.4 is 0 Å². The van der Waals surface area contributed by atoms with Crippen LogP contribution in [0.3, 0.4) is 0 Å². The van der Waals surface area contributed by atoms with Crippen molar-refractivity contribution in [3.63, 3.8) is 0 Å². The summed E-state index contributed by atoms with van der Waals surface area (Å²) in [5.74, 6) is 0. The minimum absolute atomic E-state index is 0. The molecule has 0 bridgehead atoms. The predicted octanol–water partition coefficient (Wildman–Crippen LogP) is 1.61. The molecule has 0 aliphatic heterocycles. The molecule has 0 fully saturated rings. The van der Waals surface area contributed by atoms with Gasteiger partial charge in [-0.3, -0.25) is 5.10 Å². The number of benzene rings is 1. The van der Waals surface area contributed by atoms with Crippen molar-refractivity contribution in [2.75, 3.05) is 0 Å². The second-order valence-electron chi connectivity index (χ2n) is 1.97. The van der Waals surface area contributed by atoms with E-state index in [2.05, 4.69) is 15.4 Å². The molecule has 0 unspecified atom stereocenters. The number of aromatic nitrogens is 3. The van der Waals surface area contributed by atoms with E-state index in [0.717, 1.165) is 11.0 Å². The molecule has 0 atom stereocenters. The van der Waals surface area contributed by atoms with Crippen LogP contribution in [0.2, 0.25) is 5.02 Å². The molecule has 2 rings (SSSR count). The number of hydrogen-bond donors (Lipinski definition) is 1. The molecular weight excluding hydrogens is 213 g/mol. The standard InChI is InChI=1S/C6H4ClN3.Cu/c7-4-1-2-5-6(3-4)9-10-8-5;/h1-3H,(H,8,9,10);. The van der Waals surface area contributed by atoms with Gasteiger partial charge in [0.25, 0.3) is 0 Å². The maximum absolute atomic E-state index is 5.69. The number of fused-ring (bicyclic) bond motifs is 1. The molecule has 61 valence electrons. The monoisotopic (exact) mass is 216 g/mol. The van der Waals surface area contributed by atoms with Gasteiger partial charge in [0.2, 0.25) is 0 Å².